The van der Waals surface area contributed by atoms with Gasteiger partial charge in [-0.2, -0.15) is 0 Å². The van der Waals surface area contributed by atoms with Crippen LogP contribution in [0.3, 0.4) is 0 Å². The predicted molar refractivity (Wildman–Crippen MR) is 135 cm³/mol. The third-order valence-corrected chi connectivity index (χ3v) is 9.90. The number of aromatic nitrogens is 2. The number of fused-ring (bicyclic) bond motifs is 2. The molecule has 7 heteroatoms. The summed E-state index contributed by atoms with van der Waals surface area (Å²) in [6.07, 6.45) is 9.65. The second-order valence-corrected chi connectivity index (χ2v) is 11.8. The van der Waals surface area contributed by atoms with Gasteiger partial charge < -0.3 is 30.6 Å². The van der Waals surface area contributed by atoms with Gasteiger partial charge in [-0.3, -0.25) is 0 Å². The van der Waals surface area contributed by atoms with Crippen molar-refractivity contribution in [1.29, 1.82) is 0 Å². The van der Waals surface area contributed by atoms with Crippen molar-refractivity contribution in [2.75, 3.05) is 19.8 Å². The molecular formula is C28H34N4O3. The van der Waals surface area contributed by atoms with Gasteiger partial charge in [-0.15, -0.1) is 0 Å². The van der Waals surface area contributed by atoms with E-state index in [1.807, 2.05) is 25.1 Å². The monoisotopic (exact) mass is 474 g/mol. The number of H-pyrrole nitrogens is 1. The Morgan fingerprint density at radius 1 is 1.20 bits per heavy atom. The molecule has 3 aliphatic carbocycles. The van der Waals surface area contributed by atoms with Crippen LogP contribution in [0.2, 0.25) is 0 Å². The number of aliphatic hydroxyl groups is 2. The highest BCUT2D eigenvalue weighted by molar-refractivity contribution is 5.84. The second kappa shape index (κ2) is 6.85. The number of likely N-dealkylation sites (N-methyl/N-ethyl adjacent to an activating group) is 1. The summed E-state index contributed by atoms with van der Waals surface area (Å²) in [6, 6.07) is 6.24. The van der Waals surface area contributed by atoms with E-state index >= 15 is 0 Å². The van der Waals surface area contributed by atoms with Gasteiger partial charge >= 0.3 is 0 Å². The molecule has 3 heterocycles. The van der Waals surface area contributed by atoms with E-state index in [1.165, 1.54) is 16.7 Å². The number of aliphatic hydroxyl groups excluding tert-OH is 2. The summed E-state index contributed by atoms with van der Waals surface area (Å²) in [4.78, 5) is 9.56. The number of nitrogens with zero attached hydrogens (tertiary/aromatic N) is 2. The molecule has 1 saturated heterocycles. The molecule has 2 aromatic rings. The van der Waals surface area contributed by atoms with E-state index < -0.39 is 17.8 Å². The fourth-order valence-electron chi connectivity index (χ4n) is 8.14. The number of allylic oxidation sites excluding steroid dienone is 3. The number of nitrogens with one attached hydrogen (secondary N) is 1. The number of imidazole rings is 1. The number of aromatic amines is 1. The molecule has 2 bridgehead atoms. The number of hydrogen-bond acceptors (Lipinski definition) is 6. The molecule has 1 aromatic heterocycles. The Morgan fingerprint density at radius 3 is 2.83 bits per heavy atom. The van der Waals surface area contributed by atoms with Crippen molar-refractivity contribution >= 4 is 22.6 Å². The van der Waals surface area contributed by atoms with Gasteiger partial charge in [-0.25, -0.2) is 4.98 Å². The molecule has 2 aliphatic heterocycles. The molecule has 5 N–H and O–H groups in total. The summed E-state index contributed by atoms with van der Waals surface area (Å²) in [5, 5.41) is 22.0. The highest BCUT2D eigenvalue weighted by Gasteiger charge is 2.67. The normalized spacial score (nSPS) is 41.8. The van der Waals surface area contributed by atoms with Crippen LogP contribution in [0, 0.1) is 11.3 Å². The van der Waals surface area contributed by atoms with E-state index in [0.717, 1.165) is 42.3 Å². The summed E-state index contributed by atoms with van der Waals surface area (Å²) in [5.41, 5.74) is 11.5. The van der Waals surface area contributed by atoms with Crippen LogP contribution in [0.5, 0.6) is 0 Å². The summed E-state index contributed by atoms with van der Waals surface area (Å²) < 4.78 is 7.22. The molecule has 2 fully saturated rings. The number of anilines is 1. The molecule has 0 radical (unpaired) electrons. The second-order valence-electron chi connectivity index (χ2n) is 11.8. The summed E-state index contributed by atoms with van der Waals surface area (Å²) in [6.45, 7) is 2.39. The lowest BCUT2D eigenvalue weighted by molar-refractivity contribution is -0.161. The van der Waals surface area contributed by atoms with E-state index in [0.29, 0.717) is 18.3 Å². The van der Waals surface area contributed by atoms with E-state index in [1.54, 1.807) is 0 Å². The van der Waals surface area contributed by atoms with Gasteiger partial charge in [0, 0.05) is 17.4 Å². The van der Waals surface area contributed by atoms with Crippen LogP contribution in [-0.4, -0.2) is 68.6 Å². The average molecular weight is 475 g/mol. The maximum absolute atomic E-state index is 11.1. The smallest absolute Gasteiger partial charge is 0.198 e. The quantitative estimate of drug-likeness (QED) is 0.533. The van der Waals surface area contributed by atoms with Gasteiger partial charge in [0.2, 0.25) is 0 Å². The molecule has 7 rings (SSSR count). The summed E-state index contributed by atoms with van der Waals surface area (Å²) in [5.74, 6) is 0.766. The molecular weight excluding hydrogens is 440 g/mol. The van der Waals surface area contributed by atoms with E-state index in [2.05, 4.69) is 47.3 Å². The molecule has 5 aliphatic rings. The maximum Gasteiger partial charge on any atom is 0.198 e. The zero-order valence-corrected chi connectivity index (χ0v) is 20.6. The summed E-state index contributed by atoms with van der Waals surface area (Å²) in [7, 11) is 3.94. The van der Waals surface area contributed by atoms with Crippen molar-refractivity contribution in [2.45, 2.75) is 68.5 Å². The minimum Gasteiger partial charge on any atom is -0.388 e. The minimum absolute atomic E-state index is 0.0483. The lowest BCUT2D eigenvalue weighted by Crippen LogP contribution is -2.61. The van der Waals surface area contributed by atoms with E-state index in [4.69, 9.17) is 10.5 Å². The van der Waals surface area contributed by atoms with E-state index in [9.17, 15) is 10.2 Å². The Labute approximate surface area is 205 Å². The van der Waals surface area contributed by atoms with Crippen LogP contribution < -0.4 is 5.73 Å². The molecule has 1 saturated carbocycles. The summed E-state index contributed by atoms with van der Waals surface area (Å²) >= 11 is 0. The lowest BCUT2D eigenvalue weighted by Gasteiger charge is -2.55. The highest BCUT2D eigenvalue weighted by atomic mass is 16.5. The van der Waals surface area contributed by atoms with Crippen LogP contribution in [0.4, 0.5) is 5.95 Å². The Kier molecular flexibility index (Phi) is 4.27. The fourth-order valence-corrected chi connectivity index (χ4v) is 8.14. The van der Waals surface area contributed by atoms with Gasteiger partial charge in [-0.05, 0) is 80.6 Å². The maximum atomic E-state index is 11.1. The van der Waals surface area contributed by atoms with Crippen LogP contribution >= 0.6 is 0 Å². The van der Waals surface area contributed by atoms with Crippen LogP contribution in [0.15, 0.2) is 47.6 Å². The number of hydrogen-bond donors (Lipinski definition) is 4. The third kappa shape index (κ3) is 2.67. The fraction of sp³-hybridized carbons (Fsp3) is 0.536. The molecule has 1 unspecified atom stereocenters. The molecule has 2 spiro atoms. The van der Waals surface area contributed by atoms with Crippen molar-refractivity contribution in [3.63, 3.8) is 0 Å². The largest absolute Gasteiger partial charge is 0.388 e. The zero-order valence-electron chi connectivity index (χ0n) is 20.6. The zero-order chi connectivity index (χ0) is 24.3. The predicted octanol–water partition coefficient (Wildman–Crippen LogP) is 3.17. The van der Waals surface area contributed by atoms with Gasteiger partial charge in [0.1, 0.15) is 6.10 Å². The molecule has 35 heavy (non-hydrogen) atoms. The molecule has 7 nitrogen and oxygen atoms in total. The number of benzene rings is 1. The number of nitrogen functional groups attached to an aromatic ring is 1. The first-order valence-corrected chi connectivity index (χ1v) is 12.8. The highest BCUT2D eigenvalue weighted by Crippen LogP contribution is 2.67. The SMILES string of the molecule is CN(C)[C@H]1C[C@@]23CC[C@@]4(O2)C(=CC[C@]2(C)C(c5ccc6nc(N)[nH]c6c5)=CCC24)C=C3[C@@H](O)[C@@H]1O. The third-order valence-electron chi connectivity index (χ3n) is 9.90. The Balaban J connectivity index is 1.30. The van der Waals surface area contributed by atoms with Gasteiger partial charge in [0.25, 0.3) is 0 Å². The Bertz CT molecular complexity index is 1340. The minimum atomic E-state index is -0.896. The van der Waals surface area contributed by atoms with Crippen molar-refractivity contribution in [3.05, 3.63) is 53.1 Å². The first-order valence-electron chi connectivity index (χ1n) is 12.8. The van der Waals surface area contributed by atoms with Gasteiger partial charge in [0.15, 0.2) is 5.95 Å². The first kappa shape index (κ1) is 21.8. The molecule has 184 valence electrons. The average Bonchev–Trinajstić information content (AvgIpc) is 3.47. The Hall–Kier alpha value is -2.45. The number of ether oxygens (including phenoxy) is 1. The van der Waals surface area contributed by atoms with Crippen molar-refractivity contribution < 1.29 is 14.9 Å². The van der Waals surface area contributed by atoms with Gasteiger partial charge in [0.05, 0.1) is 28.3 Å². The standard InChI is InChI=1S/C28H34N4O3/c1-26-9-8-16-13-18-23(33)24(34)21(32(2)3)14-27(18)10-11-28(16,35-27)22(26)7-5-17(26)15-4-6-19-20(12-15)31-25(29)30-19/h4-6,8,12-13,21-24,33-34H,7,9-11,14H2,1-3H3,(H3,29,30,31)/t21-,22?,23+,24+,26+,27+,28+/m0/s1. The van der Waals surface area contributed by atoms with Crippen molar-refractivity contribution in [2.24, 2.45) is 11.3 Å². The first-order chi connectivity index (χ1) is 16.7. The molecule has 0 amide bonds. The van der Waals surface area contributed by atoms with Crippen LogP contribution in [0.1, 0.15) is 44.6 Å². The number of nitrogens with two attached hydrogens (primary N) is 1. The van der Waals surface area contributed by atoms with Crippen LogP contribution in [-0.2, 0) is 4.74 Å². The van der Waals surface area contributed by atoms with Gasteiger partial charge in [-0.1, -0.05) is 31.2 Å². The molecule has 7 atom stereocenters. The van der Waals surface area contributed by atoms with E-state index in [-0.39, 0.29) is 17.1 Å². The van der Waals surface area contributed by atoms with Crippen molar-refractivity contribution in [3.8, 4) is 0 Å². The lowest BCUT2D eigenvalue weighted by atomic mass is 9.58. The topological polar surface area (TPSA) is 108 Å². The van der Waals surface area contributed by atoms with Crippen LogP contribution in [0.25, 0.3) is 16.6 Å². The molecule has 1 aromatic carbocycles. The Morgan fingerprint density at radius 2 is 2.03 bits per heavy atom. The van der Waals surface area contributed by atoms with Crippen molar-refractivity contribution in [1.82, 2.24) is 14.9 Å². The number of rotatable bonds is 2.